The molecule has 8 heteroatoms. The van der Waals surface area contributed by atoms with Gasteiger partial charge in [-0.25, -0.2) is 4.79 Å². The molecule has 8 nitrogen and oxygen atoms in total. The van der Waals surface area contributed by atoms with Crippen LogP contribution >= 0.6 is 0 Å². The van der Waals surface area contributed by atoms with Crippen LogP contribution in [-0.4, -0.2) is 36.5 Å². The van der Waals surface area contributed by atoms with Crippen LogP contribution in [0.2, 0.25) is 0 Å². The van der Waals surface area contributed by atoms with Gasteiger partial charge in [-0.1, -0.05) is 6.92 Å². The number of aliphatic hydroxyl groups is 1. The average molecular weight is 324 g/mol. The molecular weight excluding hydrogens is 300 g/mol. The van der Waals surface area contributed by atoms with Crippen LogP contribution in [0.4, 0.5) is 0 Å². The number of fused-ring (bicyclic) bond motifs is 1. The second-order valence-corrected chi connectivity index (χ2v) is 5.76. The van der Waals surface area contributed by atoms with E-state index in [0.29, 0.717) is 30.1 Å². The summed E-state index contributed by atoms with van der Waals surface area (Å²) in [4.78, 5) is 29.5. The number of aromatic nitrogens is 4. The molecule has 0 atom stereocenters. The quantitative estimate of drug-likeness (QED) is 0.800. The molecule has 0 aliphatic carbocycles. The van der Waals surface area contributed by atoms with E-state index in [4.69, 9.17) is 9.84 Å². The molecular formula is C15H24N4O4. The lowest BCUT2D eigenvalue weighted by Crippen LogP contribution is -2.39. The summed E-state index contributed by atoms with van der Waals surface area (Å²) in [7, 11) is 1.59. The van der Waals surface area contributed by atoms with E-state index in [0.717, 1.165) is 11.0 Å². The van der Waals surface area contributed by atoms with Gasteiger partial charge in [-0.3, -0.25) is 18.5 Å². The maximum atomic E-state index is 12.8. The summed E-state index contributed by atoms with van der Waals surface area (Å²) < 4.78 is 9.93. The molecule has 2 aromatic heterocycles. The van der Waals surface area contributed by atoms with Gasteiger partial charge in [0.15, 0.2) is 11.2 Å². The van der Waals surface area contributed by atoms with E-state index in [-0.39, 0.29) is 19.3 Å². The number of hydrogen-bond acceptors (Lipinski definition) is 5. The zero-order valence-electron chi connectivity index (χ0n) is 14.1. The Morgan fingerprint density at radius 3 is 2.48 bits per heavy atom. The molecule has 0 saturated carbocycles. The minimum Gasteiger partial charge on any atom is -0.462 e. The fraction of sp³-hybridized carbons (Fsp3) is 0.667. The summed E-state index contributed by atoms with van der Waals surface area (Å²) in [5.41, 5.74) is -0.142. The summed E-state index contributed by atoms with van der Waals surface area (Å²) in [6.07, 6.45) is 1.06. The highest BCUT2D eigenvalue weighted by atomic mass is 16.5. The van der Waals surface area contributed by atoms with Crippen molar-refractivity contribution in [1.29, 1.82) is 0 Å². The predicted molar refractivity (Wildman–Crippen MR) is 87.0 cm³/mol. The number of imidazole rings is 1. The molecule has 0 spiro atoms. The van der Waals surface area contributed by atoms with Crippen LogP contribution in [0.3, 0.4) is 0 Å². The highest BCUT2D eigenvalue weighted by Gasteiger charge is 2.21. The minimum atomic E-state index is -0.437. The van der Waals surface area contributed by atoms with Crippen molar-refractivity contribution < 1.29 is 9.84 Å². The number of nitrogens with zero attached hydrogens (tertiary/aromatic N) is 4. The first-order valence-corrected chi connectivity index (χ1v) is 7.89. The van der Waals surface area contributed by atoms with Gasteiger partial charge in [-0.2, -0.15) is 4.98 Å². The zero-order valence-corrected chi connectivity index (χ0v) is 14.1. The highest BCUT2D eigenvalue weighted by Crippen LogP contribution is 2.19. The molecule has 0 fully saturated rings. The molecule has 2 rings (SSSR count). The number of ether oxygens (including phenoxy) is 1. The number of aliphatic hydroxyl groups excluding tert-OH is 1. The van der Waals surface area contributed by atoms with E-state index >= 15 is 0 Å². The summed E-state index contributed by atoms with van der Waals surface area (Å²) >= 11 is 0. The van der Waals surface area contributed by atoms with Gasteiger partial charge < -0.3 is 9.84 Å². The average Bonchev–Trinajstić information content (AvgIpc) is 2.84. The lowest BCUT2D eigenvalue weighted by molar-refractivity contribution is 0.213. The Labute approximate surface area is 133 Å². The van der Waals surface area contributed by atoms with Crippen molar-refractivity contribution in [2.75, 3.05) is 6.61 Å². The molecule has 0 saturated heterocycles. The molecule has 0 unspecified atom stereocenters. The van der Waals surface area contributed by atoms with Crippen molar-refractivity contribution >= 4 is 11.2 Å². The smallest absolute Gasteiger partial charge is 0.332 e. The number of aryl methyl sites for hydroxylation is 2. The van der Waals surface area contributed by atoms with Crippen molar-refractivity contribution in [3.63, 3.8) is 0 Å². The summed E-state index contributed by atoms with van der Waals surface area (Å²) in [6, 6.07) is 0.351. The monoisotopic (exact) mass is 324 g/mol. The first kappa shape index (κ1) is 17.3. The molecule has 128 valence electrons. The lowest BCUT2D eigenvalue weighted by Gasteiger charge is -2.11. The van der Waals surface area contributed by atoms with Gasteiger partial charge in [-0.05, 0) is 26.7 Å². The zero-order chi connectivity index (χ0) is 17.1. The number of hydrogen-bond donors (Lipinski definition) is 1. The van der Waals surface area contributed by atoms with Gasteiger partial charge >= 0.3 is 5.69 Å². The van der Waals surface area contributed by atoms with Crippen LogP contribution in [0, 0.1) is 0 Å². The fourth-order valence-electron chi connectivity index (χ4n) is 2.51. The van der Waals surface area contributed by atoms with E-state index in [1.54, 1.807) is 11.6 Å². The van der Waals surface area contributed by atoms with Gasteiger partial charge in [0.05, 0.1) is 6.10 Å². The highest BCUT2D eigenvalue weighted by molar-refractivity contribution is 5.71. The molecule has 2 aromatic rings. The van der Waals surface area contributed by atoms with Crippen LogP contribution in [0.25, 0.3) is 11.2 Å². The third kappa shape index (κ3) is 3.17. The fourth-order valence-corrected chi connectivity index (χ4v) is 2.51. The van der Waals surface area contributed by atoms with Crippen molar-refractivity contribution in [3.05, 3.63) is 20.8 Å². The van der Waals surface area contributed by atoms with Crippen molar-refractivity contribution in [3.8, 4) is 6.01 Å². The number of rotatable bonds is 7. The van der Waals surface area contributed by atoms with Gasteiger partial charge in [0, 0.05) is 26.7 Å². The van der Waals surface area contributed by atoms with Crippen LogP contribution in [0.1, 0.15) is 33.6 Å². The van der Waals surface area contributed by atoms with Crippen LogP contribution in [-0.2, 0) is 20.1 Å². The molecule has 0 radical (unpaired) electrons. The summed E-state index contributed by atoms with van der Waals surface area (Å²) in [5.74, 6) is 0. The Morgan fingerprint density at radius 2 is 1.91 bits per heavy atom. The van der Waals surface area contributed by atoms with E-state index in [1.165, 1.54) is 4.57 Å². The van der Waals surface area contributed by atoms with Crippen LogP contribution < -0.4 is 16.0 Å². The molecule has 1 N–H and O–H groups in total. The largest absolute Gasteiger partial charge is 0.462 e. The maximum Gasteiger partial charge on any atom is 0.332 e. The molecule has 0 amide bonds. The molecule has 0 aromatic carbocycles. The van der Waals surface area contributed by atoms with E-state index in [9.17, 15) is 9.59 Å². The van der Waals surface area contributed by atoms with Gasteiger partial charge in [0.2, 0.25) is 0 Å². The van der Waals surface area contributed by atoms with Crippen LogP contribution in [0.15, 0.2) is 9.59 Å². The minimum absolute atomic E-state index is 0.0798. The molecule has 2 heterocycles. The summed E-state index contributed by atoms with van der Waals surface area (Å²) in [5, 5.41) is 8.97. The second kappa shape index (κ2) is 6.99. The lowest BCUT2D eigenvalue weighted by atomic mass is 10.4. The predicted octanol–water partition coefficient (Wildman–Crippen LogP) is 0.476. The second-order valence-electron chi connectivity index (χ2n) is 5.76. The van der Waals surface area contributed by atoms with Crippen molar-refractivity contribution in [2.24, 2.45) is 7.05 Å². The topological polar surface area (TPSA) is 91.3 Å². The Kier molecular flexibility index (Phi) is 5.25. The third-order valence-electron chi connectivity index (χ3n) is 3.53. The van der Waals surface area contributed by atoms with Gasteiger partial charge in [-0.15, -0.1) is 0 Å². The molecule has 0 aliphatic heterocycles. The Balaban J connectivity index is 2.78. The molecule has 0 bridgehead atoms. The SMILES string of the molecule is CCCn1c(OC(C)C)nc2c1c(=O)n(CCCO)c(=O)n2C. The Morgan fingerprint density at radius 1 is 1.22 bits per heavy atom. The standard InChI is InChI=1S/C15H24N4O4/c1-5-7-18-11-12(16-14(18)23-10(2)3)17(4)15(22)19(13(11)21)8-6-9-20/h10,20H,5-9H2,1-4H3. The maximum absolute atomic E-state index is 12.8. The third-order valence-corrected chi connectivity index (χ3v) is 3.53. The first-order valence-electron chi connectivity index (χ1n) is 7.89. The normalized spacial score (nSPS) is 11.6. The van der Waals surface area contributed by atoms with E-state index < -0.39 is 11.2 Å². The van der Waals surface area contributed by atoms with Crippen molar-refractivity contribution in [1.82, 2.24) is 18.7 Å². The van der Waals surface area contributed by atoms with E-state index in [2.05, 4.69) is 4.98 Å². The first-order chi connectivity index (χ1) is 10.9. The van der Waals surface area contributed by atoms with Crippen molar-refractivity contribution in [2.45, 2.75) is 52.8 Å². The van der Waals surface area contributed by atoms with E-state index in [1.807, 2.05) is 20.8 Å². The van der Waals surface area contributed by atoms with Gasteiger partial charge in [0.1, 0.15) is 0 Å². The summed E-state index contributed by atoms with van der Waals surface area (Å²) in [6.45, 7) is 6.44. The Bertz CT molecular complexity index is 800. The molecule has 0 aliphatic rings. The molecule has 23 heavy (non-hydrogen) atoms. The Hall–Kier alpha value is -2.09. The van der Waals surface area contributed by atoms with Crippen LogP contribution in [0.5, 0.6) is 6.01 Å². The van der Waals surface area contributed by atoms with Gasteiger partial charge in [0.25, 0.3) is 11.6 Å².